The SMILES string of the molecule is Cn1nc(CO)c(Br)c1C1CC1. The molecule has 0 radical (unpaired) electrons. The van der Waals surface area contributed by atoms with Gasteiger partial charge < -0.3 is 5.11 Å². The number of halogens is 1. The first-order valence-corrected chi connectivity index (χ1v) is 4.85. The van der Waals surface area contributed by atoms with Crippen molar-refractivity contribution in [3.05, 3.63) is 15.9 Å². The van der Waals surface area contributed by atoms with Crippen LogP contribution >= 0.6 is 15.9 Å². The smallest absolute Gasteiger partial charge is 0.102 e. The first kappa shape index (κ1) is 8.26. The van der Waals surface area contributed by atoms with E-state index >= 15 is 0 Å². The summed E-state index contributed by atoms with van der Waals surface area (Å²) in [5, 5.41) is 13.2. The molecule has 4 heteroatoms. The lowest BCUT2D eigenvalue weighted by molar-refractivity contribution is 0.275. The second-order valence-corrected chi connectivity index (χ2v) is 3.99. The van der Waals surface area contributed by atoms with Crippen LogP contribution < -0.4 is 0 Å². The van der Waals surface area contributed by atoms with Crippen LogP contribution in [0.1, 0.15) is 30.1 Å². The van der Waals surface area contributed by atoms with E-state index in [2.05, 4.69) is 21.0 Å². The normalized spacial score (nSPS) is 16.9. The zero-order chi connectivity index (χ0) is 8.72. The van der Waals surface area contributed by atoms with Gasteiger partial charge in [-0.1, -0.05) is 0 Å². The van der Waals surface area contributed by atoms with E-state index in [1.165, 1.54) is 18.5 Å². The van der Waals surface area contributed by atoms with Gasteiger partial charge in [0.05, 0.1) is 16.8 Å². The van der Waals surface area contributed by atoms with Crippen LogP contribution in [0.2, 0.25) is 0 Å². The second-order valence-electron chi connectivity index (χ2n) is 3.20. The summed E-state index contributed by atoms with van der Waals surface area (Å²) >= 11 is 3.46. The molecule has 1 aliphatic carbocycles. The van der Waals surface area contributed by atoms with E-state index in [1.54, 1.807) is 0 Å². The molecule has 0 bridgehead atoms. The van der Waals surface area contributed by atoms with E-state index < -0.39 is 0 Å². The Morgan fingerprint density at radius 2 is 2.33 bits per heavy atom. The van der Waals surface area contributed by atoms with Crippen molar-refractivity contribution < 1.29 is 5.11 Å². The molecule has 1 heterocycles. The van der Waals surface area contributed by atoms with Crippen LogP contribution in [0.5, 0.6) is 0 Å². The van der Waals surface area contributed by atoms with E-state index in [1.807, 2.05) is 11.7 Å². The summed E-state index contributed by atoms with van der Waals surface area (Å²) in [5.41, 5.74) is 1.98. The van der Waals surface area contributed by atoms with E-state index in [0.29, 0.717) is 5.92 Å². The van der Waals surface area contributed by atoms with Gasteiger partial charge in [0.1, 0.15) is 5.69 Å². The lowest BCUT2D eigenvalue weighted by Gasteiger charge is -1.97. The first-order valence-electron chi connectivity index (χ1n) is 4.06. The third-order valence-electron chi connectivity index (χ3n) is 2.21. The van der Waals surface area contributed by atoms with Crippen molar-refractivity contribution >= 4 is 15.9 Å². The fourth-order valence-corrected chi connectivity index (χ4v) is 2.26. The van der Waals surface area contributed by atoms with E-state index in [-0.39, 0.29) is 6.61 Å². The summed E-state index contributed by atoms with van der Waals surface area (Å²) in [6.45, 7) is 0.0150. The van der Waals surface area contributed by atoms with Crippen LogP contribution in [0, 0.1) is 0 Å². The molecular formula is C8H11BrN2O. The summed E-state index contributed by atoms with van der Waals surface area (Å²) in [4.78, 5) is 0. The average molecular weight is 231 g/mol. The van der Waals surface area contributed by atoms with Crippen LogP contribution in [0.15, 0.2) is 4.47 Å². The molecule has 0 saturated heterocycles. The molecule has 0 aliphatic heterocycles. The first-order chi connectivity index (χ1) is 5.74. The van der Waals surface area contributed by atoms with Gasteiger partial charge in [0.15, 0.2) is 0 Å². The molecule has 0 unspecified atom stereocenters. The van der Waals surface area contributed by atoms with E-state index in [0.717, 1.165) is 10.2 Å². The van der Waals surface area contributed by atoms with Crippen molar-refractivity contribution in [3.8, 4) is 0 Å². The maximum absolute atomic E-state index is 8.95. The molecule has 1 saturated carbocycles. The topological polar surface area (TPSA) is 38.0 Å². The van der Waals surface area contributed by atoms with E-state index in [4.69, 9.17) is 5.11 Å². The second kappa shape index (κ2) is 2.85. The highest BCUT2D eigenvalue weighted by atomic mass is 79.9. The van der Waals surface area contributed by atoms with Crippen molar-refractivity contribution in [2.45, 2.75) is 25.4 Å². The predicted molar refractivity (Wildman–Crippen MR) is 48.8 cm³/mol. The number of aryl methyl sites for hydroxylation is 1. The van der Waals surface area contributed by atoms with Crippen molar-refractivity contribution in [3.63, 3.8) is 0 Å². The number of aliphatic hydroxyl groups excluding tert-OH is 1. The molecule has 1 fully saturated rings. The van der Waals surface area contributed by atoms with Gasteiger partial charge >= 0.3 is 0 Å². The minimum absolute atomic E-state index is 0.0150. The number of hydrogen-bond donors (Lipinski definition) is 1. The highest BCUT2D eigenvalue weighted by Crippen LogP contribution is 2.43. The van der Waals surface area contributed by atoms with Gasteiger partial charge in [-0.15, -0.1) is 0 Å². The molecule has 0 amide bonds. The molecule has 0 spiro atoms. The maximum Gasteiger partial charge on any atom is 0.102 e. The Morgan fingerprint density at radius 1 is 1.67 bits per heavy atom. The third-order valence-corrected chi connectivity index (χ3v) is 3.08. The minimum atomic E-state index is 0.0150. The Bertz CT molecular complexity index is 304. The molecule has 1 N–H and O–H groups in total. The lowest BCUT2D eigenvalue weighted by atomic mass is 10.2. The van der Waals surface area contributed by atoms with Crippen molar-refractivity contribution in [2.24, 2.45) is 7.05 Å². The molecule has 2 rings (SSSR count). The Kier molecular flexibility index (Phi) is 1.96. The minimum Gasteiger partial charge on any atom is -0.390 e. The fourth-order valence-electron chi connectivity index (χ4n) is 1.47. The summed E-state index contributed by atoms with van der Waals surface area (Å²) in [6, 6.07) is 0. The number of aliphatic hydroxyl groups is 1. The van der Waals surface area contributed by atoms with Gasteiger partial charge in [0.2, 0.25) is 0 Å². The predicted octanol–water partition coefficient (Wildman–Crippen LogP) is 1.55. The monoisotopic (exact) mass is 230 g/mol. The van der Waals surface area contributed by atoms with Crippen LogP contribution in [-0.2, 0) is 13.7 Å². The van der Waals surface area contributed by atoms with E-state index in [9.17, 15) is 0 Å². The lowest BCUT2D eigenvalue weighted by Crippen LogP contribution is -1.96. The molecule has 0 aromatic carbocycles. The van der Waals surface area contributed by atoms with Gasteiger partial charge in [-0.25, -0.2) is 0 Å². The van der Waals surface area contributed by atoms with Crippen molar-refractivity contribution in [1.29, 1.82) is 0 Å². The number of rotatable bonds is 2. The summed E-state index contributed by atoms with van der Waals surface area (Å²) < 4.78 is 2.86. The number of hydrogen-bond acceptors (Lipinski definition) is 2. The molecule has 0 atom stereocenters. The molecule has 3 nitrogen and oxygen atoms in total. The third kappa shape index (κ3) is 1.19. The number of nitrogens with zero attached hydrogens (tertiary/aromatic N) is 2. The Hall–Kier alpha value is -0.350. The van der Waals surface area contributed by atoms with Gasteiger partial charge in [0, 0.05) is 13.0 Å². The highest BCUT2D eigenvalue weighted by molar-refractivity contribution is 9.10. The molecule has 1 aliphatic rings. The van der Waals surface area contributed by atoms with Crippen LogP contribution in [0.3, 0.4) is 0 Å². The number of aromatic nitrogens is 2. The summed E-state index contributed by atoms with van der Waals surface area (Å²) in [5.74, 6) is 0.664. The molecule has 12 heavy (non-hydrogen) atoms. The van der Waals surface area contributed by atoms with Gasteiger partial charge in [0.25, 0.3) is 0 Å². The Balaban J connectivity index is 2.44. The van der Waals surface area contributed by atoms with Crippen molar-refractivity contribution in [1.82, 2.24) is 9.78 Å². The molecule has 66 valence electrons. The quantitative estimate of drug-likeness (QED) is 0.838. The van der Waals surface area contributed by atoms with Crippen molar-refractivity contribution in [2.75, 3.05) is 0 Å². The molecule has 1 aromatic rings. The average Bonchev–Trinajstić information content (AvgIpc) is 2.80. The Labute approximate surface area is 79.5 Å². The van der Waals surface area contributed by atoms with Gasteiger partial charge in [-0.05, 0) is 28.8 Å². The fraction of sp³-hybridized carbons (Fsp3) is 0.625. The standard InChI is InChI=1S/C8H11BrN2O/c1-11-8(5-2-3-5)7(9)6(4-12)10-11/h5,12H,2-4H2,1H3. The van der Waals surface area contributed by atoms with Gasteiger partial charge in [-0.3, -0.25) is 4.68 Å². The van der Waals surface area contributed by atoms with Crippen LogP contribution in [-0.4, -0.2) is 14.9 Å². The highest BCUT2D eigenvalue weighted by Gasteiger charge is 2.30. The zero-order valence-electron chi connectivity index (χ0n) is 6.92. The van der Waals surface area contributed by atoms with Gasteiger partial charge in [-0.2, -0.15) is 5.10 Å². The largest absolute Gasteiger partial charge is 0.390 e. The zero-order valence-corrected chi connectivity index (χ0v) is 8.50. The van der Waals surface area contributed by atoms with Crippen LogP contribution in [0.25, 0.3) is 0 Å². The van der Waals surface area contributed by atoms with Crippen LogP contribution in [0.4, 0.5) is 0 Å². The summed E-state index contributed by atoms with van der Waals surface area (Å²) in [6.07, 6.45) is 2.51. The molecule has 1 aromatic heterocycles. The molecular weight excluding hydrogens is 220 g/mol. The summed E-state index contributed by atoms with van der Waals surface area (Å²) in [7, 11) is 1.93. The maximum atomic E-state index is 8.95. The Morgan fingerprint density at radius 3 is 2.75 bits per heavy atom.